The highest BCUT2D eigenvalue weighted by Crippen LogP contribution is 2.40. The van der Waals surface area contributed by atoms with E-state index in [0.717, 1.165) is 36.6 Å². The zero-order valence-electron chi connectivity index (χ0n) is 14.2. The van der Waals surface area contributed by atoms with Crippen molar-refractivity contribution in [3.63, 3.8) is 0 Å². The molecule has 0 aromatic carbocycles. The van der Waals surface area contributed by atoms with Gasteiger partial charge in [0.25, 0.3) is 0 Å². The summed E-state index contributed by atoms with van der Waals surface area (Å²) in [7, 11) is 0. The topological polar surface area (TPSA) is 87.2 Å². The van der Waals surface area contributed by atoms with E-state index in [2.05, 4.69) is 21.5 Å². The molecule has 0 aliphatic carbocycles. The van der Waals surface area contributed by atoms with Crippen molar-refractivity contribution in [1.29, 1.82) is 5.26 Å². The minimum atomic E-state index is -0.0795. The summed E-state index contributed by atoms with van der Waals surface area (Å²) >= 11 is 0. The van der Waals surface area contributed by atoms with Gasteiger partial charge in [0, 0.05) is 31.4 Å². The Kier molecular flexibility index (Phi) is 3.96. The van der Waals surface area contributed by atoms with E-state index in [-0.39, 0.29) is 24.4 Å². The quantitative estimate of drug-likeness (QED) is 0.859. The molecule has 4 heterocycles. The van der Waals surface area contributed by atoms with Crippen molar-refractivity contribution < 1.29 is 4.79 Å². The van der Waals surface area contributed by atoms with Gasteiger partial charge in [0.2, 0.25) is 5.91 Å². The molecule has 1 unspecified atom stereocenters. The summed E-state index contributed by atoms with van der Waals surface area (Å²) in [4.78, 5) is 27.5. The Bertz CT molecular complexity index is 835. The lowest BCUT2D eigenvalue weighted by Gasteiger charge is -2.41. The van der Waals surface area contributed by atoms with Crippen LogP contribution in [0.2, 0.25) is 0 Å². The number of amides is 1. The van der Waals surface area contributed by atoms with Crippen LogP contribution in [0.25, 0.3) is 11.5 Å². The van der Waals surface area contributed by atoms with Gasteiger partial charge in [-0.2, -0.15) is 5.26 Å². The highest BCUT2D eigenvalue weighted by molar-refractivity contribution is 5.81. The molecule has 1 saturated heterocycles. The number of carbonyl (C=O) groups excluding carboxylic acids is 1. The maximum atomic E-state index is 12.2. The molecule has 1 fully saturated rings. The fourth-order valence-corrected chi connectivity index (χ4v) is 4.13. The van der Waals surface area contributed by atoms with Crippen molar-refractivity contribution >= 4 is 12.1 Å². The molecule has 0 aromatic heterocycles. The van der Waals surface area contributed by atoms with Gasteiger partial charge < -0.3 is 9.47 Å². The Hall–Kier alpha value is -2.75. The number of aromatic nitrogens is 3. The molecule has 0 saturated carbocycles. The van der Waals surface area contributed by atoms with E-state index in [4.69, 9.17) is 10.3 Å². The first kappa shape index (κ1) is 15.8. The van der Waals surface area contributed by atoms with Gasteiger partial charge >= 0.3 is 0 Å². The second-order valence-corrected chi connectivity index (χ2v) is 6.69. The summed E-state index contributed by atoms with van der Waals surface area (Å²) in [6.45, 7) is 3.57. The molecule has 0 bridgehead atoms. The lowest BCUT2D eigenvalue weighted by atomic mass is 9.81. The fraction of sp³-hybridized carbons (Fsp3) is 0.500. The Morgan fingerprint density at radius 1 is 1.44 bits per heavy atom. The van der Waals surface area contributed by atoms with Crippen molar-refractivity contribution in [2.45, 2.75) is 32.4 Å². The van der Waals surface area contributed by atoms with Gasteiger partial charge in [-0.05, 0) is 18.4 Å². The van der Waals surface area contributed by atoms with Gasteiger partial charge in [-0.1, -0.05) is 13.3 Å². The Labute approximate surface area is 146 Å². The standard InChI is InChI=1S/C18H20N6O/c1-2-12-5-8-23(16(25)3-6-19)11-14(12)18-22-10-13-9-21-17-15(24(13)18)4-7-20-17/h4,7,9-10,12,14,18H,2-3,5,8,11H2,1H3/t12-,14+,18?/m1/s1. The maximum Gasteiger partial charge on any atom is 0.236 e. The summed E-state index contributed by atoms with van der Waals surface area (Å²) in [6.07, 6.45) is 7.35. The number of fused-ring (bicyclic) bond motifs is 3. The van der Waals surface area contributed by atoms with Crippen molar-refractivity contribution in [2.75, 3.05) is 13.1 Å². The number of nitriles is 1. The first-order chi connectivity index (χ1) is 12.2. The van der Waals surface area contributed by atoms with Crippen LogP contribution in [-0.2, 0) is 4.79 Å². The number of hydrogen-bond donors (Lipinski definition) is 0. The normalized spacial score (nSPS) is 25.1. The average molecular weight is 336 g/mol. The van der Waals surface area contributed by atoms with Crippen molar-refractivity contribution in [3.05, 3.63) is 24.2 Å². The minimum Gasteiger partial charge on any atom is -0.341 e. The molecule has 0 N–H and O–H groups in total. The number of nitrogens with zero attached hydrogens (tertiary/aromatic N) is 6. The number of rotatable bonds is 3. The first-order valence-electron chi connectivity index (χ1n) is 8.72. The van der Waals surface area contributed by atoms with Crippen LogP contribution in [0, 0.1) is 23.2 Å². The molecule has 0 aromatic rings. The summed E-state index contributed by atoms with van der Waals surface area (Å²) in [5.41, 5.74) is 1.95. The van der Waals surface area contributed by atoms with Crippen molar-refractivity contribution in [3.8, 4) is 17.6 Å². The van der Waals surface area contributed by atoms with E-state index in [1.807, 2.05) is 23.3 Å². The van der Waals surface area contributed by atoms with E-state index in [0.29, 0.717) is 12.5 Å². The first-order valence-corrected chi connectivity index (χ1v) is 8.72. The molecule has 0 spiro atoms. The highest BCUT2D eigenvalue weighted by Gasteiger charge is 2.39. The zero-order chi connectivity index (χ0) is 17.4. The monoisotopic (exact) mass is 336 g/mol. The van der Waals surface area contributed by atoms with Crippen LogP contribution in [0.15, 0.2) is 23.5 Å². The molecule has 25 heavy (non-hydrogen) atoms. The van der Waals surface area contributed by atoms with Crippen LogP contribution < -0.4 is 0 Å². The largest absolute Gasteiger partial charge is 0.341 e. The number of carbonyl (C=O) groups is 1. The molecule has 7 heteroatoms. The second-order valence-electron chi connectivity index (χ2n) is 6.69. The molecule has 3 atom stereocenters. The third-order valence-corrected chi connectivity index (χ3v) is 5.44. The SMILES string of the molecule is CC[C@@H]1CCN(C(=O)CC#N)C[C@@H]1C1N=Cc2cnc3nccc-3n21. The minimum absolute atomic E-state index is 0.0488. The molecule has 4 aliphatic rings. The summed E-state index contributed by atoms with van der Waals surface area (Å²) in [5.74, 6) is 1.37. The number of hydrogen-bond acceptors (Lipinski definition) is 5. The number of aliphatic imine (C=N–C) groups is 1. The summed E-state index contributed by atoms with van der Waals surface area (Å²) in [5, 5.41) is 8.83. The molecule has 7 nitrogen and oxygen atoms in total. The van der Waals surface area contributed by atoms with E-state index < -0.39 is 0 Å². The molecule has 4 rings (SSSR count). The van der Waals surface area contributed by atoms with Crippen LogP contribution in [0.5, 0.6) is 0 Å². The van der Waals surface area contributed by atoms with Gasteiger partial charge in [-0.25, -0.2) is 9.97 Å². The summed E-state index contributed by atoms with van der Waals surface area (Å²) in [6, 6.07) is 3.94. The highest BCUT2D eigenvalue weighted by atomic mass is 16.2. The van der Waals surface area contributed by atoms with E-state index in [1.165, 1.54) is 0 Å². The average Bonchev–Trinajstić information content (AvgIpc) is 3.27. The predicted molar refractivity (Wildman–Crippen MR) is 92.0 cm³/mol. The van der Waals surface area contributed by atoms with Gasteiger partial charge in [0.1, 0.15) is 12.6 Å². The summed E-state index contributed by atoms with van der Waals surface area (Å²) < 4.78 is 2.20. The molecule has 128 valence electrons. The van der Waals surface area contributed by atoms with Crippen LogP contribution >= 0.6 is 0 Å². The van der Waals surface area contributed by atoms with Gasteiger partial charge in [0.05, 0.1) is 23.7 Å². The lowest BCUT2D eigenvalue weighted by Crippen LogP contribution is -2.46. The van der Waals surface area contributed by atoms with Crippen LogP contribution in [0.4, 0.5) is 0 Å². The molecular formula is C18H20N6O. The van der Waals surface area contributed by atoms with Crippen molar-refractivity contribution in [2.24, 2.45) is 16.8 Å². The zero-order valence-corrected chi connectivity index (χ0v) is 14.2. The molecule has 0 radical (unpaired) electrons. The maximum absolute atomic E-state index is 12.2. The van der Waals surface area contributed by atoms with Crippen molar-refractivity contribution in [1.82, 2.24) is 19.4 Å². The Morgan fingerprint density at radius 3 is 3.12 bits per heavy atom. The number of piperidine rings is 1. The smallest absolute Gasteiger partial charge is 0.236 e. The fourth-order valence-electron chi connectivity index (χ4n) is 4.13. The molecule has 1 amide bonds. The Morgan fingerprint density at radius 2 is 2.32 bits per heavy atom. The number of likely N-dealkylation sites (tertiary alicyclic amines) is 1. The van der Waals surface area contributed by atoms with Crippen LogP contribution in [0.3, 0.4) is 0 Å². The molecule has 4 aliphatic heterocycles. The molecular weight excluding hydrogens is 316 g/mol. The predicted octanol–water partition coefficient (Wildman–Crippen LogP) is 2.10. The van der Waals surface area contributed by atoms with Crippen LogP contribution in [-0.4, -0.2) is 44.6 Å². The van der Waals surface area contributed by atoms with Gasteiger partial charge in [0.15, 0.2) is 5.82 Å². The van der Waals surface area contributed by atoms with Gasteiger partial charge in [-0.3, -0.25) is 9.79 Å². The Balaban J connectivity index is 1.67. The lowest BCUT2D eigenvalue weighted by molar-refractivity contribution is -0.133. The van der Waals surface area contributed by atoms with E-state index in [9.17, 15) is 4.79 Å². The van der Waals surface area contributed by atoms with E-state index >= 15 is 0 Å². The third kappa shape index (κ3) is 2.58. The van der Waals surface area contributed by atoms with E-state index in [1.54, 1.807) is 12.4 Å². The van der Waals surface area contributed by atoms with Crippen LogP contribution in [0.1, 0.15) is 38.0 Å². The second kappa shape index (κ2) is 6.28. The van der Waals surface area contributed by atoms with Gasteiger partial charge in [-0.15, -0.1) is 0 Å². The third-order valence-electron chi connectivity index (χ3n) is 5.44.